The Morgan fingerprint density at radius 3 is 2.89 bits per heavy atom. The zero-order valence-electron chi connectivity index (χ0n) is 14.8. The Kier molecular flexibility index (Phi) is 6.47. The number of anilines is 1. The minimum absolute atomic E-state index is 0.0581. The summed E-state index contributed by atoms with van der Waals surface area (Å²) >= 11 is 13.5. The zero-order chi connectivity index (χ0) is 20.1. The van der Waals surface area contributed by atoms with E-state index in [0.717, 1.165) is 17.8 Å². The van der Waals surface area contributed by atoms with Gasteiger partial charge in [0.2, 0.25) is 5.13 Å². The van der Waals surface area contributed by atoms with Crippen LogP contribution >= 0.6 is 34.5 Å². The van der Waals surface area contributed by atoms with Crippen molar-refractivity contribution in [3.05, 3.63) is 62.8 Å². The molecule has 0 bridgehead atoms. The fraction of sp³-hybridized carbons (Fsp3) is 0.158. The molecule has 1 N–H and O–H groups in total. The predicted octanol–water partition coefficient (Wildman–Crippen LogP) is 5.13. The molecule has 0 aliphatic carbocycles. The van der Waals surface area contributed by atoms with Gasteiger partial charge in [0.1, 0.15) is 16.6 Å². The van der Waals surface area contributed by atoms with Crippen molar-refractivity contribution in [2.45, 2.75) is 19.8 Å². The number of amides is 1. The molecule has 0 fully saturated rings. The van der Waals surface area contributed by atoms with Crippen molar-refractivity contribution in [1.82, 2.24) is 14.8 Å². The lowest BCUT2D eigenvalue weighted by atomic mass is 10.2. The number of carbonyl (C=O) groups excluding carboxylic acids is 1. The Hall–Kier alpha value is -2.66. The highest BCUT2D eigenvalue weighted by Crippen LogP contribution is 2.26. The number of carbonyl (C=O) groups is 1. The van der Waals surface area contributed by atoms with Gasteiger partial charge in [0.15, 0.2) is 0 Å². The fourth-order valence-electron chi connectivity index (χ4n) is 2.49. The second-order valence-electron chi connectivity index (χ2n) is 5.77. The molecule has 142 valence electrons. The molecular formula is C19H15Cl2N5OS. The summed E-state index contributed by atoms with van der Waals surface area (Å²) in [7, 11) is 0. The molecule has 0 saturated carbocycles. The van der Waals surface area contributed by atoms with Gasteiger partial charge < -0.3 is 4.57 Å². The monoisotopic (exact) mass is 431 g/mol. The van der Waals surface area contributed by atoms with Crippen molar-refractivity contribution in [3.8, 4) is 11.8 Å². The van der Waals surface area contributed by atoms with Crippen molar-refractivity contribution in [2.24, 2.45) is 0 Å². The molecule has 0 saturated heterocycles. The number of nitriles is 1. The van der Waals surface area contributed by atoms with Gasteiger partial charge in [0.25, 0.3) is 5.91 Å². The predicted molar refractivity (Wildman–Crippen MR) is 112 cm³/mol. The molecule has 0 spiro atoms. The van der Waals surface area contributed by atoms with Crippen LogP contribution in [0, 0.1) is 11.3 Å². The standard InChI is InChI=1S/C19H15Cl2N5OS/c1-2-4-17-24-25-19(28-17)23-18(27)12(11-22)9-14-5-3-8-26(14)16-7-6-13(20)10-15(16)21/h3,5-10H,2,4H2,1H3,(H,23,25,27)/b12-9-. The topological polar surface area (TPSA) is 83.6 Å². The Morgan fingerprint density at radius 2 is 2.18 bits per heavy atom. The van der Waals surface area contributed by atoms with Gasteiger partial charge in [0.05, 0.1) is 10.7 Å². The van der Waals surface area contributed by atoms with Crippen LogP contribution in [0.25, 0.3) is 11.8 Å². The molecule has 9 heteroatoms. The minimum Gasteiger partial charge on any atom is -0.316 e. The first kappa shape index (κ1) is 20.1. The fourth-order valence-corrected chi connectivity index (χ4v) is 3.82. The largest absolute Gasteiger partial charge is 0.316 e. The smallest absolute Gasteiger partial charge is 0.268 e. The van der Waals surface area contributed by atoms with E-state index in [-0.39, 0.29) is 5.57 Å². The summed E-state index contributed by atoms with van der Waals surface area (Å²) in [4.78, 5) is 12.5. The van der Waals surface area contributed by atoms with Gasteiger partial charge in [-0.1, -0.05) is 41.5 Å². The van der Waals surface area contributed by atoms with E-state index < -0.39 is 5.91 Å². The molecule has 6 nitrogen and oxygen atoms in total. The molecule has 0 radical (unpaired) electrons. The maximum Gasteiger partial charge on any atom is 0.268 e. The molecule has 0 aliphatic heterocycles. The molecular weight excluding hydrogens is 417 g/mol. The van der Waals surface area contributed by atoms with Gasteiger partial charge in [-0.15, -0.1) is 10.2 Å². The highest BCUT2D eigenvalue weighted by atomic mass is 35.5. The van der Waals surface area contributed by atoms with Crippen molar-refractivity contribution in [3.63, 3.8) is 0 Å². The summed E-state index contributed by atoms with van der Waals surface area (Å²) < 4.78 is 1.77. The quantitative estimate of drug-likeness (QED) is 0.432. The van der Waals surface area contributed by atoms with E-state index >= 15 is 0 Å². The lowest BCUT2D eigenvalue weighted by Crippen LogP contribution is -2.13. The second kappa shape index (κ2) is 9.02. The summed E-state index contributed by atoms with van der Waals surface area (Å²) in [6, 6.07) is 10.6. The summed E-state index contributed by atoms with van der Waals surface area (Å²) in [5.41, 5.74) is 1.26. The maximum absolute atomic E-state index is 12.5. The van der Waals surface area contributed by atoms with Crippen molar-refractivity contribution in [2.75, 3.05) is 5.32 Å². The molecule has 28 heavy (non-hydrogen) atoms. The van der Waals surface area contributed by atoms with Crippen LogP contribution in [0.15, 0.2) is 42.1 Å². The van der Waals surface area contributed by atoms with Crippen molar-refractivity contribution in [1.29, 1.82) is 5.26 Å². The van der Waals surface area contributed by atoms with Crippen LogP contribution < -0.4 is 5.32 Å². The van der Waals surface area contributed by atoms with Crippen molar-refractivity contribution < 1.29 is 4.79 Å². The SMILES string of the molecule is CCCc1nnc(NC(=O)/C(C#N)=C\c2cccn2-c2ccc(Cl)cc2Cl)s1. The molecule has 0 aliphatic rings. The zero-order valence-corrected chi connectivity index (χ0v) is 17.1. The van der Waals surface area contributed by atoms with Gasteiger partial charge >= 0.3 is 0 Å². The van der Waals surface area contributed by atoms with E-state index in [9.17, 15) is 10.1 Å². The number of rotatable bonds is 6. The Balaban J connectivity index is 1.86. The first-order chi connectivity index (χ1) is 13.5. The number of nitrogens with zero attached hydrogens (tertiary/aromatic N) is 4. The number of hydrogen-bond acceptors (Lipinski definition) is 5. The number of aryl methyl sites for hydroxylation is 1. The summed E-state index contributed by atoms with van der Waals surface area (Å²) in [5.74, 6) is -0.545. The normalized spacial score (nSPS) is 11.3. The van der Waals surface area contributed by atoms with Crippen LogP contribution in [0.4, 0.5) is 5.13 Å². The highest BCUT2D eigenvalue weighted by Gasteiger charge is 2.14. The van der Waals surface area contributed by atoms with E-state index in [1.165, 1.54) is 17.4 Å². The lowest BCUT2D eigenvalue weighted by molar-refractivity contribution is -0.112. The first-order valence-corrected chi connectivity index (χ1v) is 9.97. The molecule has 2 heterocycles. The van der Waals surface area contributed by atoms with Crippen LogP contribution in [0.2, 0.25) is 10.0 Å². The summed E-state index contributed by atoms with van der Waals surface area (Å²) in [5, 5.41) is 22.2. The average molecular weight is 432 g/mol. The lowest BCUT2D eigenvalue weighted by Gasteiger charge is -2.09. The second-order valence-corrected chi connectivity index (χ2v) is 7.68. The van der Waals surface area contributed by atoms with Gasteiger partial charge in [0, 0.05) is 23.3 Å². The number of aromatic nitrogens is 3. The third-order valence-corrected chi connectivity index (χ3v) is 5.19. The van der Waals surface area contributed by atoms with Gasteiger partial charge in [-0.3, -0.25) is 10.1 Å². The molecule has 0 unspecified atom stereocenters. The molecule has 0 atom stereocenters. The highest BCUT2D eigenvalue weighted by molar-refractivity contribution is 7.15. The third kappa shape index (κ3) is 4.60. The number of halogens is 2. The van der Waals surface area contributed by atoms with Crippen LogP contribution in [-0.4, -0.2) is 20.7 Å². The average Bonchev–Trinajstić information content (AvgIpc) is 3.29. The van der Waals surface area contributed by atoms with Gasteiger partial charge in [-0.2, -0.15) is 5.26 Å². The molecule has 3 rings (SSSR count). The van der Waals surface area contributed by atoms with Gasteiger partial charge in [-0.05, 0) is 42.8 Å². The number of benzene rings is 1. The van der Waals surface area contributed by atoms with Crippen LogP contribution in [-0.2, 0) is 11.2 Å². The van der Waals surface area contributed by atoms with E-state index in [0.29, 0.717) is 26.6 Å². The number of nitrogens with one attached hydrogen (secondary N) is 1. The third-order valence-electron chi connectivity index (χ3n) is 3.76. The van der Waals surface area contributed by atoms with Gasteiger partial charge in [-0.25, -0.2) is 0 Å². The minimum atomic E-state index is -0.545. The van der Waals surface area contributed by atoms with Crippen molar-refractivity contribution >= 4 is 51.7 Å². The van der Waals surface area contributed by atoms with Crippen LogP contribution in [0.5, 0.6) is 0 Å². The summed E-state index contributed by atoms with van der Waals surface area (Å²) in [6.45, 7) is 2.04. The van der Waals surface area contributed by atoms with Crippen LogP contribution in [0.3, 0.4) is 0 Å². The molecule has 2 aromatic heterocycles. The Labute approximate surface area is 176 Å². The van der Waals surface area contributed by atoms with E-state index in [1.807, 2.05) is 13.0 Å². The van der Waals surface area contributed by atoms with Crippen LogP contribution in [0.1, 0.15) is 24.0 Å². The van der Waals surface area contributed by atoms with E-state index in [1.54, 1.807) is 41.1 Å². The Bertz CT molecular complexity index is 1080. The maximum atomic E-state index is 12.5. The molecule has 3 aromatic rings. The Morgan fingerprint density at radius 1 is 1.36 bits per heavy atom. The molecule has 1 amide bonds. The van der Waals surface area contributed by atoms with E-state index in [4.69, 9.17) is 23.2 Å². The number of hydrogen-bond donors (Lipinski definition) is 1. The molecule has 1 aromatic carbocycles. The summed E-state index contributed by atoms with van der Waals surface area (Å²) in [6.07, 6.45) is 5.02. The first-order valence-electron chi connectivity index (χ1n) is 8.40. The van der Waals surface area contributed by atoms with E-state index in [2.05, 4.69) is 15.5 Å².